The van der Waals surface area contributed by atoms with Gasteiger partial charge in [0, 0.05) is 12.4 Å². The largest absolute Gasteiger partial charge is 2.00 e. The number of aromatic nitrogens is 2. The Labute approximate surface area is 254 Å². The molecule has 0 aliphatic carbocycles. The Hall–Kier alpha value is -3.35. The molecule has 2 heterocycles. The van der Waals surface area contributed by atoms with E-state index in [4.69, 9.17) is 9.97 Å². The molecule has 0 spiro atoms. The van der Waals surface area contributed by atoms with Gasteiger partial charge in [0.05, 0.1) is 0 Å². The maximum absolute atomic E-state index is 4.70. The summed E-state index contributed by atoms with van der Waals surface area (Å²) >= 11 is 0. The van der Waals surface area contributed by atoms with Gasteiger partial charge in [0.1, 0.15) is 0 Å². The molecule has 0 unspecified atom stereocenters. The number of rotatable bonds is 5. The summed E-state index contributed by atoms with van der Waals surface area (Å²) in [6, 6.07) is 39.4. The maximum Gasteiger partial charge on any atom is 2.00 e. The van der Waals surface area contributed by atoms with E-state index >= 15 is 0 Å². The van der Waals surface area contributed by atoms with Gasteiger partial charge in [0.25, 0.3) is 0 Å². The molecule has 0 saturated heterocycles. The van der Waals surface area contributed by atoms with Gasteiger partial charge < -0.3 is 9.97 Å². The Balaban J connectivity index is 0.00000370. The second-order valence-corrected chi connectivity index (χ2v) is 12.2. The van der Waals surface area contributed by atoms with Crippen LogP contribution in [0.4, 0.5) is 0 Å². The molecule has 5 rings (SSSR count). The molecule has 0 saturated carbocycles. The van der Waals surface area contributed by atoms with Crippen molar-refractivity contribution in [3.63, 3.8) is 0 Å². The first-order chi connectivity index (χ1) is 18.6. The van der Waals surface area contributed by atoms with Crippen molar-refractivity contribution in [2.24, 2.45) is 0 Å². The number of nitrogens with zero attached hydrogens (tertiary/aromatic N) is 2. The number of pyridine rings is 2. The first-order valence-electron chi connectivity index (χ1n) is 13.6. The minimum atomic E-state index is -0.0253. The third-order valence-electron chi connectivity index (χ3n) is 7.19. The zero-order valence-electron chi connectivity index (χ0n) is 24.1. The minimum absolute atomic E-state index is 0. The van der Waals surface area contributed by atoms with Gasteiger partial charge in [0.15, 0.2) is 0 Å². The minimum Gasteiger partial charge on any atom is -0.305 e. The van der Waals surface area contributed by atoms with Crippen LogP contribution in [0.2, 0.25) is 0 Å². The fourth-order valence-electron chi connectivity index (χ4n) is 4.87. The molecule has 204 valence electrons. The molecular formula is C37H36N2Pt. The van der Waals surface area contributed by atoms with Gasteiger partial charge in [-0.05, 0) is 57.0 Å². The van der Waals surface area contributed by atoms with Gasteiger partial charge in [0.2, 0.25) is 0 Å². The molecule has 0 aliphatic rings. The second kappa shape index (κ2) is 12.0. The van der Waals surface area contributed by atoms with Crippen LogP contribution in [0, 0.1) is 12.1 Å². The molecule has 0 bridgehead atoms. The summed E-state index contributed by atoms with van der Waals surface area (Å²) in [6.45, 7) is 13.4. The summed E-state index contributed by atoms with van der Waals surface area (Å²) in [5.74, 6) is -0.0253. The average molecular weight is 704 g/mol. The molecule has 0 atom stereocenters. The molecule has 0 radical (unpaired) electrons. The number of hydrogen-bond donors (Lipinski definition) is 0. The zero-order valence-corrected chi connectivity index (χ0v) is 26.4. The van der Waals surface area contributed by atoms with Gasteiger partial charge in [-0.3, -0.25) is 0 Å². The Morgan fingerprint density at radius 1 is 0.550 bits per heavy atom. The van der Waals surface area contributed by atoms with E-state index in [0.29, 0.717) is 0 Å². The zero-order chi connectivity index (χ0) is 27.6. The normalized spacial score (nSPS) is 11.8. The Morgan fingerprint density at radius 2 is 1.00 bits per heavy atom. The van der Waals surface area contributed by atoms with Gasteiger partial charge in [-0.2, -0.15) is 0 Å². The van der Waals surface area contributed by atoms with E-state index in [1.54, 1.807) is 0 Å². The molecule has 0 N–H and O–H groups in total. The van der Waals surface area contributed by atoms with Crippen LogP contribution in [0.3, 0.4) is 0 Å². The van der Waals surface area contributed by atoms with Crippen molar-refractivity contribution in [2.45, 2.75) is 58.3 Å². The van der Waals surface area contributed by atoms with Crippen LogP contribution in [0.25, 0.3) is 22.5 Å². The molecule has 2 nitrogen and oxygen atoms in total. The van der Waals surface area contributed by atoms with Crippen LogP contribution in [-0.4, -0.2) is 9.97 Å². The number of hydrogen-bond acceptors (Lipinski definition) is 2. The third kappa shape index (κ3) is 6.68. The first kappa shape index (κ1) is 29.6. The molecule has 3 aromatic carbocycles. The summed E-state index contributed by atoms with van der Waals surface area (Å²) in [4.78, 5) is 9.41. The van der Waals surface area contributed by atoms with E-state index in [1.165, 1.54) is 16.7 Å². The van der Waals surface area contributed by atoms with Crippen molar-refractivity contribution >= 4 is 0 Å². The van der Waals surface area contributed by atoms with Crippen LogP contribution < -0.4 is 0 Å². The summed E-state index contributed by atoms with van der Waals surface area (Å²) < 4.78 is 0. The van der Waals surface area contributed by atoms with Crippen molar-refractivity contribution in [1.29, 1.82) is 0 Å². The topological polar surface area (TPSA) is 25.8 Å². The van der Waals surface area contributed by atoms with Crippen molar-refractivity contribution in [2.75, 3.05) is 0 Å². The molecule has 5 aromatic rings. The third-order valence-corrected chi connectivity index (χ3v) is 7.19. The van der Waals surface area contributed by atoms with Crippen LogP contribution in [0.1, 0.15) is 75.3 Å². The van der Waals surface area contributed by atoms with Crippen molar-refractivity contribution < 1.29 is 21.1 Å². The van der Waals surface area contributed by atoms with Crippen LogP contribution in [0.15, 0.2) is 103 Å². The SMILES string of the molecule is CC(C)(C)c1ccnc(-c2[c-]c(C(c3[c-]c(-c4cc(C(C)(C)C)ccn4)ccc3)c3ccccc3)ccc2)c1.[Pt+2]. The van der Waals surface area contributed by atoms with Crippen LogP contribution in [-0.2, 0) is 31.9 Å². The van der Waals surface area contributed by atoms with E-state index in [1.807, 2.05) is 12.4 Å². The van der Waals surface area contributed by atoms with Crippen molar-refractivity contribution in [3.8, 4) is 22.5 Å². The summed E-state index contributed by atoms with van der Waals surface area (Å²) in [5.41, 5.74) is 9.88. The van der Waals surface area contributed by atoms with Crippen molar-refractivity contribution in [3.05, 3.63) is 143 Å². The van der Waals surface area contributed by atoms with Gasteiger partial charge >= 0.3 is 21.1 Å². The fraction of sp³-hybridized carbons (Fsp3) is 0.243. The van der Waals surface area contributed by atoms with E-state index in [0.717, 1.165) is 33.6 Å². The Morgan fingerprint density at radius 3 is 1.43 bits per heavy atom. The smallest absolute Gasteiger partial charge is 0.305 e. The number of benzene rings is 3. The average Bonchev–Trinajstić information content (AvgIpc) is 2.93. The van der Waals surface area contributed by atoms with E-state index in [2.05, 4.69) is 145 Å². The van der Waals surface area contributed by atoms with Gasteiger partial charge in [-0.25, -0.2) is 0 Å². The quantitative estimate of drug-likeness (QED) is 0.135. The fourth-order valence-corrected chi connectivity index (χ4v) is 4.87. The monoisotopic (exact) mass is 703 g/mol. The first-order valence-corrected chi connectivity index (χ1v) is 13.6. The Kier molecular flexibility index (Phi) is 8.91. The molecule has 0 fully saturated rings. The summed E-state index contributed by atoms with van der Waals surface area (Å²) in [7, 11) is 0. The maximum atomic E-state index is 4.70. The van der Waals surface area contributed by atoms with Crippen LogP contribution >= 0.6 is 0 Å². The van der Waals surface area contributed by atoms with Crippen LogP contribution in [0.5, 0.6) is 0 Å². The van der Waals surface area contributed by atoms with E-state index in [-0.39, 0.29) is 37.8 Å². The summed E-state index contributed by atoms with van der Waals surface area (Å²) in [5, 5.41) is 0. The molecule has 40 heavy (non-hydrogen) atoms. The second-order valence-electron chi connectivity index (χ2n) is 12.2. The van der Waals surface area contributed by atoms with Gasteiger partial charge in [-0.15, -0.1) is 70.8 Å². The molecule has 2 aromatic heterocycles. The molecular weight excluding hydrogens is 667 g/mol. The standard InChI is InChI=1S/C37H36N2.Pt/c1-36(2,3)31-18-20-38-33(24-31)27-14-10-16-29(22-27)35(26-12-8-7-9-13-26)30-17-11-15-28(23-30)34-25-32(19-21-39-34)37(4,5)6;/h7-21,24-25,35H,1-6H3;/q-2;+2. The molecule has 0 aliphatic heterocycles. The van der Waals surface area contributed by atoms with Gasteiger partial charge in [-0.1, -0.05) is 84.0 Å². The van der Waals surface area contributed by atoms with Crippen molar-refractivity contribution in [1.82, 2.24) is 9.97 Å². The molecule has 0 amide bonds. The predicted octanol–water partition coefficient (Wildman–Crippen LogP) is 9.18. The van der Waals surface area contributed by atoms with E-state index in [9.17, 15) is 0 Å². The Bertz CT molecular complexity index is 1480. The molecule has 3 heteroatoms. The van der Waals surface area contributed by atoms with E-state index < -0.39 is 0 Å². The predicted molar refractivity (Wildman–Crippen MR) is 162 cm³/mol. The summed E-state index contributed by atoms with van der Waals surface area (Å²) in [6.07, 6.45) is 3.81.